The third-order valence-electron chi connectivity index (χ3n) is 3.04. The fourth-order valence-electron chi connectivity index (χ4n) is 2.08. The summed E-state index contributed by atoms with van der Waals surface area (Å²) in [7, 11) is 0. The SMILES string of the molecule is O=C(C[C@@H]1CCCOC1)NCCSc1ccccn1. The first-order valence-corrected chi connectivity index (χ1v) is 7.71. The van der Waals surface area contributed by atoms with Crippen molar-refractivity contribution in [2.45, 2.75) is 24.3 Å². The van der Waals surface area contributed by atoms with Gasteiger partial charge in [0.25, 0.3) is 0 Å². The molecule has 1 aromatic heterocycles. The molecule has 1 N–H and O–H groups in total. The van der Waals surface area contributed by atoms with E-state index in [2.05, 4.69) is 10.3 Å². The Balaban J connectivity index is 1.56. The lowest BCUT2D eigenvalue weighted by atomic mass is 9.98. The van der Waals surface area contributed by atoms with Crippen molar-refractivity contribution in [3.8, 4) is 0 Å². The smallest absolute Gasteiger partial charge is 0.220 e. The van der Waals surface area contributed by atoms with Gasteiger partial charge in [-0.1, -0.05) is 6.07 Å². The molecule has 0 saturated carbocycles. The van der Waals surface area contributed by atoms with Crippen LogP contribution in [-0.2, 0) is 9.53 Å². The van der Waals surface area contributed by atoms with Gasteiger partial charge in [0.2, 0.25) is 5.91 Å². The van der Waals surface area contributed by atoms with Gasteiger partial charge in [0.15, 0.2) is 0 Å². The zero-order valence-electron chi connectivity index (χ0n) is 11.0. The minimum absolute atomic E-state index is 0.136. The van der Waals surface area contributed by atoms with Crippen LogP contribution >= 0.6 is 11.8 Å². The molecule has 5 heteroatoms. The fourth-order valence-corrected chi connectivity index (χ4v) is 2.80. The average Bonchev–Trinajstić information content (AvgIpc) is 2.46. The van der Waals surface area contributed by atoms with E-state index in [0.29, 0.717) is 18.9 Å². The molecule has 0 radical (unpaired) electrons. The van der Waals surface area contributed by atoms with Crippen molar-refractivity contribution in [2.24, 2.45) is 5.92 Å². The molecule has 1 fully saturated rings. The maximum absolute atomic E-state index is 11.7. The zero-order valence-corrected chi connectivity index (χ0v) is 11.8. The number of carbonyl (C=O) groups is 1. The highest BCUT2D eigenvalue weighted by molar-refractivity contribution is 7.99. The van der Waals surface area contributed by atoms with Crippen LogP contribution in [-0.4, -0.2) is 36.4 Å². The minimum Gasteiger partial charge on any atom is -0.381 e. The van der Waals surface area contributed by atoms with Crippen molar-refractivity contribution < 1.29 is 9.53 Å². The second-order valence-electron chi connectivity index (χ2n) is 4.65. The summed E-state index contributed by atoms with van der Waals surface area (Å²) in [5.74, 6) is 1.39. The van der Waals surface area contributed by atoms with Crippen LogP contribution in [0.2, 0.25) is 0 Å². The highest BCUT2D eigenvalue weighted by Crippen LogP contribution is 2.17. The Kier molecular flexibility index (Phi) is 6.17. The Bertz CT molecular complexity index is 380. The summed E-state index contributed by atoms with van der Waals surface area (Å²) >= 11 is 1.66. The average molecular weight is 280 g/mol. The van der Waals surface area contributed by atoms with E-state index in [0.717, 1.165) is 36.8 Å². The number of amides is 1. The molecule has 19 heavy (non-hydrogen) atoms. The monoisotopic (exact) mass is 280 g/mol. The van der Waals surface area contributed by atoms with E-state index >= 15 is 0 Å². The van der Waals surface area contributed by atoms with Gasteiger partial charge < -0.3 is 10.1 Å². The largest absolute Gasteiger partial charge is 0.381 e. The highest BCUT2D eigenvalue weighted by atomic mass is 32.2. The maximum atomic E-state index is 11.7. The number of nitrogens with zero attached hydrogens (tertiary/aromatic N) is 1. The number of aromatic nitrogens is 1. The van der Waals surface area contributed by atoms with Crippen molar-refractivity contribution in [1.29, 1.82) is 0 Å². The van der Waals surface area contributed by atoms with Crippen molar-refractivity contribution in [3.63, 3.8) is 0 Å². The van der Waals surface area contributed by atoms with E-state index in [1.807, 2.05) is 18.2 Å². The summed E-state index contributed by atoms with van der Waals surface area (Å²) in [6.07, 6.45) is 4.56. The van der Waals surface area contributed by atoms with Gasteiger partial charge in [-0.05, 0) is 30.9 Å². The lowest BCUT2D eigenvalue weighted by molar-refractivity contribution is -0.122. The number of carbonyl (C=O) groups excluding carboxylic acids is 1. The topological polar surface area (TPSA) is 51.2 Å². The predicted molar refractivity (Wildman–Crippen MR) is 76.1 cm³/mol. The van der Waals surface area contributed by atoms with Gasteiger partial charge in [-0.15, -0.1) is 11.8 Å². The summed E-state index contributed by atoms with van der Waals surface area (Å²) in [5.41, 5.74) is 0. The Morgan fingerprint density at radius 3 is 3.21 bits per heavy atom. The molecule has 1 saturated heterocycles. The van der Waals surface area contributed by atoms with E-state index < -0.39 is 0 Å². The molecule has 0 bridgehead atoms. The van der Waals surface area contributed by atoms with Crippen molar-refractivity contribution in [3.05, 3.63) is 24.4 Å². The van der Waals surface area contributed by atoms with Crippen LogP contribution in [0.3, 0.4) is 0 Å². The second kappa shape index (κ2) is 8.17. The van der Waals surface area contributed by atoms with Crippen LogP contribution < -0.4 is 5.32 Å². The normalized spacial score (nSPS) is 19.1. The molecule has 2 rings (SSSR count). The minimum atomic E-state index is 0.136. The Morgan fingerprint density at radius 2 is 2.47 bits per heavy atom. The van der Waals surface area contributed by atoms with Gasteiger partial charge in [-0.2, -0.15) is 0 Å². The molecule has 2 heterocycles. The molecule has 0 spiro atoms. The Labute approximate surface area is 118 Å². The van der Waals surface area contributed by atoms with Crippen molar-refractivity contribution >= 4 is 17.7 Å². The summed E-state index contributed by atoms with van der Waals surface area (Å²) in [6, 6.07) is 5.85. The zero-order chi connectivity index (χ0) is 13.3. The molecule has 1 amide bonds. The van der Waals surface area contributed by atoms with Crippen LogP contribution in [0.4, 0.5) is 0 Å². The van der Waals surface area contributed by atoms with E-state index in [1.165, 1.54) is 0 Å². The summed E-state index contributed by atoms with van der Waals surface area (Å²) in [5, 5.41) is 3.95. The molecule has 0 unspecified atom stereocenters. The van der Waals surface area contributed by atoms with Crippen LogP contribution in [0.5, 0.6) is 0 Å². The van der Waals surface area contributed by atoms with Crippen LogP contribution in [0.25, 0.3) is 0 Å². The van der Waals surface area contributed by atoms with Crippen molar-refractivity contribution in [2.75, 3.05) is 25.5 Å². The molecule has 1 aliphatic heterocycles. The molecule has 1 atom stereocenters. The first kappa shape index (κ1) is 14.3. The van der Waals surface area contributed by atoms with E-state index in [4.69, 9.17) is 4.74 Å². The Hall–Kier alpha value is -1.07. The van der Waals surface area contributed by atoms with Gasteiger partial charge >= 0.3 is 0 Å². The summed E-state index contributed by atoms with van der Waals surface area (Å²) in [6.45, 7) is 2.27. The van der Waals surface area contributed by atoms with Crippen LogP contribution in [0.15, 0.2) is 29.4 Å². The molecule has 0 aromatic carbocycles. The standard InChI is InChI=1S/C14H20N2O2S/c17-13(10-12-4-3-8-18-11-12)15-7-9-19-14-5-1-2-6-16-14/h1-2,5-6,12H,3-4,7-11H2,(H,15,17)/t12-/m0/s1. The van der Waals surface area contributed by atoms with E-state index in [1.54, 1.807) is 18.0 Å². The van der Waals surface area contributed by atoms with Gasteiger partial charge in [-0.3, -0.25) is 4.79 Å². The van der Waals surface area contributed by atoms with E-state index in [-0.39, 0.29) is 5.91 Å². The first-order valence-electron chi connectivity index (χ1n) is 6.73. The number of thioether (sulfide) groups is 1. The number of hydrogen-bond donors (Lipinski definition) is 1. The molecular weight excluding hydrogens is 260 g/mol. The number of pyridine rings is 1. The van der Waals surface area contributed by atoms with E-state index in [9.17, 15) is 4.79 Å². The van der Waals surface area contributed by atoms with Gasteiger partial charge in [0, 0.05) is 38.1 Å². The number of nitrogens with one attached hydrogen (secondary N) is 1. The number of ether oxygens (including phenoxy) is 1. The number of rotatable bonds is 6. The predicted octanol–water partition coefficient (Wildman–Crippen LogP) is 2.11. The van der Waals surface area contributed by atoms with Gasteiger partial charge in [-0.25, -0.2) is 4.98 Å². The van der Waals surface area contributed by atoms with Crippen LogP contribution in [0, 0.1) is 5.92 Å². The quantitative estimate of drug-likeness (QED) is 0.640. The van der Waals surface area contributed by atoms with Gasteiger partial charge in [0.1, 0.15) is 0 Å². The third kappa shape index (κ3) is 5.61. The lowest BCUT2D eigenvalue weighted by Gasteiger charge is -2.21. The third-order valence-corrected chi connectivity index (χ3v) is 3.99. The Morgan fingerprint density at radius 1 is 1.53 bits per heavy atom. The molecule has 0 aliphatic carbocycles. The molecule has 104 valence electrons. The highest BCUT2D eigenvalue weighted by Gasteiger charge is 2.17. The molecule has 1 aromatic rings. The number of hydrogen-bond acceptors (Lipinski definition) is 4. The molecule has 4 nitrogen and oxygen atoms in total. The van der Waals surface area contributed by atoms with Gasteiger partial charge in [0.05, 0.1) is 5.03 Å². The van der Waals surface area contributed by atoms with Crippen molar-refractivity contribution in [1.82, 2.24) is 10.3 Å². The summed E-state index contributed by atoms with van der Waals surface area (Å²) in [4.78, 5) is 16.0. The second-order valence-corrected chi connectivity index (χ2v) is 5.77. The lowest BCUT2D eigenvalue weighted by Crippen LogP contribution is -2.30. The fraction of sp³-hybridized carbons (Fsp3) is 0.571. The molecular formula is C14H20N2O2S. The first-order chi connectivity index (χ1) is 9.34. The summed E-state index contributed by atoms with van der Waals surface area (Å²) < 4.78 is 5.37. The maximum Gasteiger partial charge on any atom is 0.220 e. The molecule has 1 aliphatic rings. The van der Waals surface area contributed by atoms with Crippen LogP contribution in [0.1, 0.15) is 19.3 Å².